The lowest BCUT2D eigenvalue weighted by atomic mass is 9.99. The molecule has 1 atom stereocenters. The van der Waals surface area contributed by atoms with Crippen molar-refractivity contribution in [2.75, 3.05) is 18.5 Å². The highest BCUT2D eigenvalue weighted by Gasteiger charge is 2.14. The van der Waals surface area contributed by atoms with E-state index in [1.165, 1.54) is 46.1 Å². The van der Waals surface area contributed by atoms with Gasteiger partial charge in [-0.05, 0) is 43.9 Å². The standard InChI is InChI=1S/C17H23N3S/c1-12-10-19-17(21-12)13(2)18-11-14-6-7-16-15(9-14)5-4-8-20(16)3/h6-7,9-10,13,18H,4-5,8,11H2,1-3H3. The Balaban J connectivity index is 1.65. The molecule has 0 saturated heterocycles. The van der Waals surface area contributed by atoms with Crippen LogP contribution < -0.4 is 10.2 Å². The van der Waals surface area contributed by atoms with Gasteiger partial charge in [0.25, 0.3) is 0 Å². The smallest absolute Gasteiger partial charge is 0.109 e. The van der Waals surface area contributed by atoms with Crippen LogP contribution in [-0.4, -0.2) is 18.6 Å². The predicted molar refractivity (Wildman–Crippen MR) is 90.1 cm³/mol. The molecule has 112 valence electrons. The summed E-state index contributed by atoms with van der Waals surface area (Å²) < 4.78 is 0. The van der Waals surface area contributed by atoms with E-state index >= 15 is 0 Å². The Morgan fingerprint density at radius 1 is 1.43 bits per heavy atom. The molecule has 1 aromatic heterocycles. The van der Waals surface area contributed by atoms with Gasteiger partial charge in [0.05, 0.1) is 6.04 Å². The third kappa shape index (κ3) is 3.27. The Morgan fingerprint density at radius 3 is 3.05 bits per heavy atom. The molecule has 0 spiro atoms. The summed E-state index contributed by atoms with van der Waals surface area (Å²) in [5.41, 5.74) is 4.25. The molecular weight excluding hydrogens is 278 g/mol. The first-order chi connectivity index (χ1) is 10.1. The monoisotopic (exact) mass is 301 g/mol. The molecule has 2 aromatic rings. The summed E-state index contributed by atoms with van der Waals surface area (Å²) in [4.78, 5) is 8.09. The number of benzene rings is 1. The molecule has 4 heteroatoms. The summed E-state index contributed by atoms with van der Waals surface area (Å²) in [7, 11) is 2.18. The van der Waals surface area contributed by atoms with Crippen molar-refractivity contribution in [1.82, 2.24) is 10.3 Å². The lowest BCUT2D eigenvalue weighted by Crippen LogP contribution is -2.25. The Bertz CT molecular complexity index is 620. The number of nitrogens with one attached hydrogen (secondary N) is 1. The number of hydrogen-bond donors (Lipinski definition) is 1. The van der Waals surface area contributed by atoms with E-state index in [1.54, 1.807) is 11.3 Å². The maximum atomic E-state index is 4.46. The average Bonchev–Trinajstić information content (AvgIpc) is 2.91. The molecule has 0 radical (unpaired) electrons. The highest BCUT2D eigenvalue weighted by atomic mass is 32.1. The normalized spacial score (nSPS) is 15.9. The Labute approximate surface area is 131 Å². The number of nitrogens with zero attached hydrogens (tertiary/aromatic N) is 2. The molecule has 2 heterocycles. The van der Waals surface area contributed by atoms with Crippen LogP contribution in [0.5, 0.6) is 0 Å². The SMILES string of the molecule is Cc1cnc(C(C)NCc2ccc3c(c2)CCCN3C)s1. The van der Waals surface area contributed by atoms with Crippen molar-refractivity contribution in [3.8, 4) is 0 Å². The summed E-state index contributed by atoms with van der Waals surface area (Å²) in [6, 6.07) is 7.18. The van der Waals surface area contributed by atoms with E-state index in [2.05, 4.69) is 54.3 Å². The van der Waals surface area contributed by atoms with E-state index in [1.807, 2.05) is 6.20 Å². The number of aromatic nitrogens is 1. The Hall–Kier alpha value is -1.39. The van der Waals surface area contributed by atoms with Crippen molar-refractivity contribution in [1.29, 1.82) is 0 Å². The van der Waals surface area contributed by atoms with E-state index in [4.69, 9.17) is 0 Å². The molecule has 1 aromatic carbocycles. The minimum Gasteiger partial charge on any atom is -0.374 e. The largest absolute Gasteiger partial charge is 0.374 e. The summed E-state index contributed by atoms with van der Waals surface area (Å²) in [5.74, 6) is 0. The molecule has 0 saturated carbocycles. The summed E-state index contributed by atoms with van der Waals surface area (Å²) >= 11 is 1.77. The van der Waals surface area contributed by atoms with Gasteiger partial charge in [-0.2, -0.15) is 0 Å². The number of thiazole rings is 1. The molecule has 0 amide bonds. The second-order valence-corrected chi connectivity index (χ2v) is 7.17. The Kier molecular flexibility index (Phi) is 4.27. The first kappa shape index (κ1) is 14.5. The van der Waals surface area contributed by atoms with Crippen LogP contribution in [0, 0.1) is 6.92 Å². The van der Waals surface area contributed by atoms with Crippen LogP contribution in [-0.2, 0) is 13.0 Å². The van der Waals surface area contributed by atoms with E-state index in [-0.39, 0.29) is 0 Å². The van der Waals surface area contributed by atoms with Gasteiger partial charge in [-0.3, -0.25) is 0 Å². The van der Waals surface area contributed by atoms with Crippen LogP contribution in [0.15, 0.2) is 24.4 Å². The van der Waals surface area contributed by atoms with Crippen LogP contribution in [0.4, 0.5) is 5.69 Å². The lowest BCUT2D eigenvalue weighted by molar-refractivity contribution is 0.571. The van der Waals surface area contributed by atoms with Crippen LogP contribution in [0.3, 0.4) is 0 Å². The zero-order valence-corrected chi connectivity index (χ0v) is 13.8. The van der Waals surface area contributed by atoms with E-state index < -0.39 is 0 Å². The zero-order valence-electron chi connectivity index (χ0n) is 13.0. The van der Waals surface area contributed by atoms with Crippen LogP contribution in [0.25, 0.3) is 0 Å². The predicted octanol–water partition coefficient (Wildman–Crippen LogP) is 3.68. The van der Waals surface area contributed by atoms with Crippen LogP contribution in [0.2, 0.25) is 0 Å². The fourth-order valence-electron chi connectivity index (χ4n) is 2.88. The number of fused-ring (bicyclic) bond motifs is 1. The number of hydrogen-bond acceptors (Lipinski definition) is 4. The van der Waals surface area contributed by atoms with Gasteiger partial charge < -0.3 is 10.2 Å². The van der Waals surface area contributed by atoms with Gasteiger partial charge in [-0.15, -0.1) is 11.3 Å². The minimum atomic E-state index is 0.308. The van der Waals surface area contributed by atoms with Crippen molar-refractivity contribution < 1.29 is 0 Å². The second-order valence-electron chi connectivity index (χ2n) is 5.90. The Morgan fingerprint density at radius 2 is 2.29 bits per heavy atom. The zero-order chi connectivity index (χ0) is 14.8. The van der Waals surface area contributed by atoms with Crippen molar-refractivity contribution >= 4 is 17.0 Å². The number of anilines is 1. The fraction of sp³-hybridized carbons (Fsp3) is 0.471. The minimum absolute atomic E-state index is 0.308. The van der Waals surface area contributed by atoms with Gasteiger partial charge in [0.2, 0.25) is 0 Å². The van der Waals surface area contributed by atoms with E-state index in [0.29, 0.717) is 6.04 Å². The first-order valence-electron chi connectivity index (χ1n) is 7.62. The molecule has 21 heavy (non-hydrogen) atoms. The topological polar surface area (TPSA) is 28.2 Å². The summed E-state index contributed by atoms with van der Waals surface area (Å²) in [6.45, 7) is 6.36. The molecule has 3 rings (SSSR count). The molecule has 0 aliphatic carbocycles. The van der Waals surface area contributed by atoms with Crippen molar-refractivity contribution in [3.63, 3.8) is 0 Å². The first-order valence-corrected chi connectivity index (χ1v) is 8.44. The molecule has 1 N–H and O–H groups in total. The van der Waals surface area contributed by atoms with E-state index in [0.717, 1.165) is 6.54 Å². The van der Waals surface area contributed by atoms with Gasteiger partial charge in [-0.1, -0.05) is 12.1 Å². The summed E-state index contributed by atoms with van der Waals surface area (Å²) in [6.07, 6.45) is 4.41. The van der Waals surface area contributed by atoms with Crippen molar-refractivity contribution in [2.24, 2.45) is 0 Å². The highest BCUT2D eigenvalue weighted by Crippen LogP contribution is 2.27. The highest BCUT2D eigenvalue weighted by molar-refractivity contribution is 7.11. The van der Waals surface area contributed by atoms with Gasteiger partial charge in [-0.25, -0.2) is 4.98 Å². The van der Waals surface area contributed by atoms with Gasteiger partial charge in [0, 0.05) is 36.9 Å². The maximum absolute atomic E-state index is 4.46. The molecule has 1 aliphatic rings. The number of aryl methyl sites for hydroxylation is 2. The van der Waals surface area contributed by atoms with Crippen LogP contribution in [0.1, 0.15) is 40.4 Å². The molecule has 0 bridgehead atoms. The molecule has 1 aliphatic heterocycles. The van der Waals surface area contributed by atoms with Crippen molar-refractivity contribution in [2.45, 2.75) is 39.3 Å². The second kappa shape index (κ2) is 6.16. The lowest BCUT2D eigenvalue weighted by Gasteiger charge is -2.28. The molecular formula is C17H23N3S. The maximum Gasteiger partial charge on any atom is 0.109 e. The van der Waals surface area contributed by atoms with Crippen molar-refractivity contribution in [3.05, 3.63) is 45.4 Å². The molecule has 3 nitrogen and oxygen atoms in total. The molecule has 0 fully saturated rings. The average molecular weight is 301 g/mol. The summed E-state index contributed by atoms with van der Waals surface area (Å²) in [5, 5.41) is 4.75. The third-order valence-electron chi connectivity index (χ3n) is 4.12. The number of rotatable bonds is 4. The van der Waals surface area contributed by atoms with Crippen LogP contribution >= 0.6 is 11.3 Å². The molecule has 1 unspecified atom stereocenters. The fourth-order valence-corrected chi connectivity index (χ4v) is 3.68. The third-order valence-corrected chi connectivity index (χ3v) is 5.21. The van der Waals surface area contributed by atoms with Gasteiger partial charge in [0.15, 0.2) is 0 Å². The van der Waals surface area contributed by atoms with Gasteiger partial charge in [0.1, 0.15) is 5.01 Å². The van der Waals surface area contributed by atoms with Gasteiger partial charge >= 0.3 is 0 Å². The quantitative estimate of drug-likeness (QED) is 0.933. The van der Waals surface area contributed by atoms with E-state index in [9.17, 15) is 0 Å².